The third kappa shape index (κ3) is 3.81. The molecule has 1 aromatic carbocycles. The molecular weight excluding hydrogens is 268 g/mol. The number of ether oxygens (including phenoxy) is 1. The lowest BCUT2D eigenvalue weighted by Crippen LogP contribution is -2.17. The SMILES string of the molecule is CCNC(C)c1ccc(OCc2cnc(C)s2)c(C)c1. The summed E-state index contributed by atoms with van der Waals surface area (Å²) in [5, 5.41) is 4.50. The Hall–Kier alpha value is -1.39. The molecule has 2 aromatic rings. The molecule has 1 atom stereocenters. The van der Waals surface area contributed by atoms with Crippen LogP contribution in [0.1, 0.15) is 40.9 Å². The Bertz CT molecular complexity index is 565. The van der Waals surface area contributed by atoms with Gasteiger partial charge in [0, 0.05) is 12.2 Å². The molecule has 1 aromatic heterocycles. The first-order valence-electron chi connectivity index (χ1n) is 6.98. The second-order valence-electron chi connectivity index (χ2n) is 4.94. The molecule has 0 amide bonds. The molecule has 3 nitrogen and oxygen atoms in total. The van der Waals surface area contributed by atoms with Crippen molar-refractivity contribution in [2.75, 3.05) is 6.54 Å². The number of nitrogens with zero attached hydrogens (tertiary/aromatic N) is 1. The number of hydrogen-bond acceptors (Lipinski definition) is 4. The average Bonchev–Trinajstić information content (AvgIpc) is 2.83. The third-order valence-corrected chi connectivity index (χ3v) is 4.13. The summed E-state index contributed by atoms with van der Waals surface area (Å²) in [6.07, 6.45) is 1.89. The molecule has 0 radical (unpaired) electrons. The van der Waals surface area contributed by atoms with E-state index < -0.39 is 0 Å². The molecule has 0 aliphatic heterocycles. The summed E-state index contributed by atoms with van der Waals surface area (Å²) in [6.45, 7) is 9.97. The highest BCUT2D eigenvalue weighted by Gasteiger charge is 2.07. The third-order valence-electron chi connectivity index (χ3n) is 3.25. The largest absolute Gasteiger partial charge is 0.488 e. The number of nitrogens with one attached hydrogen (secondary N) is 1. The van der Waals surface area contributed by atoms with Gasteiger partial charge in [-0.05, 0) is 44.5 Å². The van der Waals surface area contributed by atoms with Gasteiger partial charge in [0.2, 0.25) is 0 Å². The Morgan fingerprint density at radius 3 is 2.75 bits per heavy atom. The summed E-state index contributed by atoms with van der Waals surface area (Å²) in [7, 11) is 0. The Labute approximate surface area is 125 Å². The smallest absolute Gasteiger partial charge is 0.124 e. The lowest BCUT2D eigenvalue weighted by molar-refractivity contribution is 0.307. The predicted octanol–water partition coefficient (Wildman–Crippen LogP) is 4.01. The fraction of sp³-hybridized carbons (Fsp3) is 0.438. The molecular formula is C16H22N2OS. The van der Waals surface area contributed by atoms with E-state index in [9.17, 15) is 0 Å². The average molecular weight is 290 g/mol. The topological polar surface area (TPSA) is 34.1 Å². The van der Waals surface area contributed by atoms with Gasteiger partial charge in [0.05, 0.1) is 9.88 Å². The summed E-state index contributed by atoms with van der Waals surface area (Å²) >= 11 is 1.68. The van der Waals surface area contributed by atoms with Crippen molar-refractivity contribution in [2.24, 2.45) is 0 Å². The van der Waals surface area contributed by atoms with Crippen molar-refractivity contribution < 1.29 is 4.74 Å². The molecule has 0 bridgehead atoms. The van der Waals surface area contributed by atoms with Crippen LogP contribution in [0.4, 0.5) is 0 Å². The van der Waals surface area contributed by atoms with E-state index in [0.29, 0.717) is 12.6 Å². The molecule has 0 saturated heterocycles. The summed E-state index contributed by atoms with van der Waals surface area (Å²) < 4.78 is 5.88. The van der Waals surface area contributed by atoms with E-state index in [-0.39, 0.29) is 0 Å². The van der Waals surface area contributed by atoms with E-state index in [1.807, 2.05) is 13.1 Å². The molecule has 1 N–H and O–H groups in total. The Kier molecular flexibility index (Phi) is 5.15. The highest BCUT2D eigenvalue weighted by molar-refractivity contribution is 7.11. The first kappa shape index (κ1) is 15.0. The summed E-state index contributed by atoms with van der Waals surface area (Å²) in [4.78, 5) is 5.40. The van der Waals surface area contributed by atoms with Gasteiger partial charge in [0.1, 0.15) is 12.4 Å². The molecule has 4 heteroatoms. The first-order valence-corrected chi connectivity index (χ1v) is 7.79. The molecule has 0 saturated carbocycles. The highest BCUT2D eigenvalue weighted by Crippen LogP contribution is 2.24. The van der Waals surface area contributed by atoms with Gasteiger partial charge in [-0.25, -0.2) is 4.98 Å². The zero-order valence-corrected chi connectivity index (χ0v) is 13.4. The summed E-state index contributed by atoms with van der Waals surface area (Å²) in [5.41, 5.74) is 2.47. The van der Waals surface area contributed by atoms with Crippen LogP contribution in [0.5, 0.6) is 5.75 Å². The standard InChI is InChI=1S/C16H22N2OS/c1-5-17-12(3)14-6-7-16(11(2)8-14)19-10-15-9-18-13(4)20-15/h6-9,12,17H,5,10H2,1-4H3. The van der Waals surface area contributed by atoms with E-state index in [2.05, 4.69) is 49.3 Å². The fourth-order valence-corrected chi connectivity index (χ4v) is 2.86. The zero-order valence-electron chi connectivity index (χ0n) is 12.6. The number of rotatable bonds is 6. The van der Waals surface area contributed by atoms with Crippen molar-refractivity contribution in [1.82, 2.24) is 10.3 Å². The molecule has 0 spiro atoms. The molecule has 108 valence electrons. The maximum Gasteiger partial charge on any atom is 0.124 e. The van der Waals surface area contributed by atoms with Gasteiger partial charge in [0.15, 0.2) is 0 Å². The van der Waals surface area contributed by atoms with Gasteiger partial charge < -0.3 is 10.1 Å². The van der Waals surface area contributed by atoms with Crippen molar-refractivity contribution in [3.8, 4) is 5.75 Å². The van der Waals surface area contributed by atoms with E-state index in [1.54, 1.807) is 11.3 Å². The van der Waals surface area contributed by atoms with Crippen LogP contribution in [0.25, 0.3) is 0 Å². The lowest BCUT2D eigenvalue weighted by Gasteiger charge is -2.15. The van der Waals surface area contributed by atoms with Crippen molar-refractivity contribution >= 4 is 11.3 Å². The van der Waals surface area contributed by atoms with Crippen LogP contribution in [-0.4, -0.2) is 11.5 Å². The van der Waals surface area contributed by atoms with Crippen LogP contribution in [0.2, 0.25) is 0 Å². The Morgan fingerprint density at radius 2 is 2.15 bits per heavy atom. The maximum atomic E-state index is 5.88. The highest BCUT2D eigenvalue weighted by atomic mass is 32.1. The van der Waals surface area contributed by atoms with Gasteiger partial charge in [0.25, 0.3) is 0 Å². The zero-order chi connectivity index (χ0) is 14.5. The first-order chi connectivity index (χ1) is 9.60. The van der Waals surface area contributed by atoms with Crippen LogP contribution in [0, 0.1) is 13.8 Å². The van der Waals surface area contributed by atoms with Crippen LogP contribution < -0.4 is 10.1 Å². The molecule has 0 aliphatic rings. The summed E-state index contributed by atoms with van der Waals surface area (Å²) in [5.74, 6) is 0.948. The van der Waals surface area contributed by atoms with Crippen LogP contribution in [0.3, 0.4) is 0 Å². The Morgan fingerprint density at radius 1 is 1.35 bits per heavy atom. The number of hydrogen-bond donors (Lipinski definition) is 1. The quantitative estimate of drug-likeness (QED) is 0.873. The monoisotopic (exact) mass is 290 g/mol. The number of benzene rings is 1. The molecule has 2 rings (SSSR count). The van der Waals surface area contributed by atoms with Gasteiger partial charge in [-0.1, -0.05) is 19.1 Å². The minimum Gasteiger partial charge on any atom is -0.488 e. The van der Waals surface area contributed by atoms with Gasteiger partial charge in [-0.2, -0.15) is 0 Å². The van der Waals surface area contributed by atoms with E-state index >= 15 is 0 Å². The summed E-state index contributed by atoms with van der Waals surface area (Å²) in [6, 6.07) is 6.76. The molecule has 0 fully saturated rings. The lowest BCUT2D eigenvalue weighted by atomic mass is 10.1. The fourth-order valence-electron chi connectivity index (χ4n) is 2.15. The second kappa shape index (κ2) is 6.86. The van der Waals surface area contributed by atoms with Crippen LogP contribution in [0.15, 0.2) is 24.4 Å². The number of aryl methyl sites for hydroxylation is 2. The van der Waals surface area contributed by atoms with Crippen LogP contribution >= 0.6 is 11.3 Å². The molecule has 20 heavy (non-hydrogen) atoms. The second-order valence-corrected chi connectivity index (χ2v) is 6.26. The van der Waals surface area contributed by atoms with Crippen molar-refractivity contribution in [2.45, 2.75) is 40.3 Å². The van der Waals surface area contributed by atoms with Crippen molar-refractivity contribution in [1.29, 1.82) is 0 Å². The predicted molar refractivity (Wildman–Crippen MR) is 84.5 cm³/mol. The van der Waals surface area contributed by atoms with E-state index in [1.165, 1.54) is 11.1 Å². The van der Waals surface area contributed by atoms with Gasteiger partial charge in [-0.3, -0.25) is 0 Å². The molecule has 0 aliphatic carbocycles. The molecule has 1 heterocycles. The van der Waals surface area contributed by atoms with E-state index in [0.717, 1.165) is 22.2 Å². The van der Waals surface area contributed by atoms with Crippen molar-refractivity contribution in [3.63, 3.8) is 0 Å². The maximum absolute atomic E-state index is 5.88. The van der Waals surface area contributed by atoms with Gasteiger partial charge in [-0.15, -0.1) is 11.3 Å². The number of thiazole rings is 1. The number of aromatic nitrogens is 1. The minimum absolute atomic E-state index is 0.372. The van der Waals surface area contributed by atoms with Crippen molar-refractivity contribution in [3.05, 3.63) is 45.4 Å². The minimum atomic E-state index is 0.372. The molecule has 1 unspecified atom stereocenters. The Balaban J connectivity index is 2.02. The normalized spacial score (nSPS) is 12.4. The van der Waals surface area contributed by atoms with Crippen LogP contribution in [-0.2, 0) is 6.61 Å². The van der Waals surface area contributed by atoms with E-state index in [4.69, 9.17) is 4.74 Å². The van der Waals surface area contributed by atoms with Gasteiger partial charge >= 0.3 is 0 Å².